The predicted molar refractivity (Wildman–Crippen MR) is 80.5 cm³/mol. The Morgan fingerprint density at radius 3 is 2.60 bits per heavy atom. The second-order valence-electron chi connectivity index (χ2n) is 4.98. The molecule has 1 aliphatic rings. The first-order valence-corrected chi connectivity index (χ1v) is 7.45. The van der Waals surface area contributed by atoms with Crippen molar-refractivity contribution in [3.63, 3.8) is 0 Å². The summed E-state index contributed by atoms with van der Waals surface area (Å²) in [6.45, 7) is 0.884. The Balaban J connectivity index is 1.66. The van der Waals surface area contributed by atoms with Gasteiger partial charge in [-0.25, -0.2) is 4.39 Å². The summed E-state index contributed by atoms with van der Waals surface area (Å²) >= 11 is 3.35. The summed E-state index contributed by atoms with van der Waals surface area (Å²) in [4.78, 5) is 0. The molecular weight excluding hydrogens is 321 g/mol. The molecule has 3 rings (SSSR count). The van der Waals surface area contributed by atoms with Gasteiger partial charge < -0.3 is 10.1 Å². The lowest BCUT2D eigenvalue weighted by atomic mass is 10.2. The molecule has 2 aromatic rings. The van der Waals surface area contributed by atoms with E-state index in [1.807, 2.05) is 24.3 Å². The molecule has 104 valence electrons. The number of halogens is 2. The lowest BCUT2D eigenvalue weighted by Gasteiger charge is -2.09. The Morgan fingerprint density at radius 2 is 1.90 bits per heavy atom. The summed E-state index contributed by atoms with van der Waals surface area (Å²) < 4.78 is 19.6. The van der Waals surface area contributed by atoms with Crippen molar-refractivity contribution in [1.29, 1.82) is 0 Å². The van der Waals surface area contributed by atoms with Crippen LogP contribution in [0.5, 0.6) is 11.5 Å². The van der Waals surface area contributed by atoms with E-state index < -0.39 is 0 Å². The molecule has 0 unspecified atom stereocenters. The average molecular weight is 336 g/mol. The molecule has 1 aliphatic carbocycles. The highest BCUT2D eigenvalue weighted by Crippen LogP contribution is 2.30. The van der Waals surface area contributed by atoms with E-state index in [1.165, 1.54) is 30.5 Å². The number of benzene rings is 2. The predicted octanol–water partition coefficient (Wildman–Crippen LogP) is 4.63. The summed E-state index contributed by atoms with van der Waals surface area (Å²) in [5.74, 6) is 0.869. The summed E-state index contributed by atoms with van der Waals surface area (Å²) in [5, 5.41) is 3.46. The van der Waals surface area contributed by atoms with Crippen LogP contribution in [0, 0.1) is 5.82 Å². The third-order valence-electron chi connectivity index (χ3n) is 3.22. The van der Waals surface area contributed by atoms with E-state index in [2.05, 4.69) is 21.2 Å². The number of rotatable bonds is 5. The Labute approximate surface area is 126 Å². The normalized spacial score (nSPS) is 14.3. The minimum absolute atomic E-state index is 0.312. The maximum atomic E-state index is 13.2. The minimum Gasteiger partial charge on any atom is -0.456 e. The van der Waals surface area contributed by atoms with Crippen LogP contribution in [0.1, 0.15) is 18.4 Å². The topological polar surface area (TPSA) is 21.3 Å². The molecule has 0 saturated heterocycles. The van der Waals surface area contributed by atoms with Crippen molar-refractivity contribution in [2.45, 2.75) is 25.4 Å². The Hall–Kier alpha value is -1.39. The van der Waals surface area contributed by atoms with E-state index in [9.17, 15) is 4.39 Å². The molecule has 0 amide bonds. The van der Waals surface area contributed by atoms with E-state index in [1.54, 1.807) is 6.07 Å². The number of hydrogen-bond donors (Lipinski definition) is 1. The molecule has 0 atom stereocenters. The number of hydrogen-bond acceptors (Lipinski definition) is 2. The van der Waals surface area contributed by atoms with Gasteiger partial charge in [-0.3, -0.25) is 0 Å². The van der Waals surface area contributed by atoms with Crippen LogP contribution in [0.2, 0.25) is 0 Å². The van der Waals surface area contributed by atoms with Crippen LogP contribution in [0.4, 0.5) is 4.39 Å². The zero-order chi connectivity index (χ0) is 13.9. The first kappa shape index (κ1) is 13.6. The SMILES string of the molecule is Fc1ccc(Br)c(Oc2ccc(CNC3CC3)cc2)c1. The Kier molecular flexibility index (Phi) is 4.03. The molecule has 0 bridgehead atoms. The van der Waals surface area contributed by atoms with Gasteiger partial charge in [0.1, 0.15) is 17.3 Å². The Morgan fingerprint density at radius 1 is 1.15 bits per heavy atom. The molecule has 0 aromatic heterocycles. The van der Waals surface area contributed by atoms with Gasteiger partial charge in [-0.05, 0) is 58.6 Å². The standard InChI is InChI=1S/C16H15BrFNO/c17-15-8-3-12(18)9-16(15)20-14-6-1-11(2-7-14)10-19-13-4-5-13/h1-3,6-9,13,19H,4-5,10H2. The molecule has 2 aromatic carbocycles. The van der Waals surface area contributed by atoms with E-state index in [-0.39, 0.29) is 5.82 Å². The minimum atomic E-state index is -0.312. The summed E-state index contributed by atoms with van der Waals surface area (Å²) in [5.41, 5.74) is 1.22. The van der Waals surface area contributed by atoms with Gasteiger partial charge in [0, 0.05) is 18.7 Å². The average Bonchev–Trinajstić information content (AvgIpc) is 3.26. The maximum absolute atomic E-state index is 13.2. The lowest BCUT2D eigenvalue weighted by molar-refractivity contribution is 0.473. The molecule has 4 heteroatoms. The van der Waals surface area contributed by atoms with Crippen molar-refractivity contribution in [3.05, 3.63) is 58.3 Å². The molecule has 1 N–H and O–H groups in total. The first-order chi connectivity index (χ1) is 9.70. The van der Waals surface area contributed by atoms with Crippen molar-refractivity contribution in [3.8, 4) is 11.5 Å². The van der Waals surface area contributed by atoms with Gasteiger partial charge >= 0.3 is 0 Å². The van der Waals surface area contributed by atoms with E-state index in [0.717, 1.165) is 11.0 Å². The van der Waals surface area contributed by atoms with Crippen LogP contribution in [-0.4, -0.2) is 6.04 Å². The van der Waals surface area contributed by atoms with Gasteiger partial charge in [-0.15, -0.1) is 0 Å². The smallest absolute Gasteiger partial charge is 0.144 e. The third-order valence-corrected chi connectivity index (χ3v) is 3.87. The molecule has 20 heavy (non-hydrogen) atoms. The Bertz CT molecular complexity index is 596. The van der Waals surface area contributed by atoms with Crippen LogP contribution in [-0.2, 0) is 6.54 Å². The largest absolute Gasteiger partial charge is 0.456 e. The summed E-state index contributed by atoms with van der Waals surface area (Å²) in [6, 6.07) is 13.0. The molecule has 0 aliphatic heterocycles. The van der Waals surface area contributed by atoms with Gasteiger partial charge in [-0.1, -0.05) is 12.1 Å². The monoisotopic (exact) mass is 335 g/mol. The van der Waals surface area contributed by atoms with Crippen LogP contribution < -0.4 is 10.1 Å². The lowest BCUT2D eigenvalue weighted by Crippen LogP contribution is -2.14. The molecule has 0 radical (unpaired) electrons. The first-order valence-electron chi connectivity index (χ1n) is 6.66. The fourth-order valence-electron chi connectivity index (χ4n) is 1.91. The molecule has 1 fully saturated rings. The summed E-state index contributed by atoms with van der Waals surface area (Å²) in [7, 11) is 0. The van der Waals surface area contributed by atoms with Gasteiger partial charge in [0.15, 0.2) is 0 Å². The van der Waals surface area contributed by atoms with E-state index in [0.29, 0.717) is 17.5 Å². The zero-order valence-corrected chi connectivity index (χ0v) is 12.5. The van der Waals surface area contributed by atoms with Gasteiger partial charge in [0.2, 0.25) is 0 Å². The van der Waals surface area contributed by atoms with Crippen molar-refractivity contribution >= 4 is 15.9 Å². The fourth-order valence-corrected chi connectivity index (χ4v) is 2.23. The van der Waals surface area contributed by atoms with E-state index in [4.69, 9.17) is 4.74 Å². The van der Waals surface area contributed by atoms with Crippen molar-refractivity contribution < 1.29 is 9.13 Å². The van der Waals surface area contributed by atoms with Crippen molar-refractivity contribution in [1.82, 2.24) is 5.32 Å². The van der Waals surface area contributed by atoms with Crippen LogP contribution in [0.15, 0.2) is 46.9 Å². The molecule has 0 heterocycles. The molecule has 2 nitrogen and oxygen atoms in total. The fraction of sp³-hybridized carbons (Fsp3) is 0.250. The second kappa shape index (κ2) is 5.94. The highest BCUT2D eigenvalue weighted by Gasteiger charge is 2.19. The van der Waals surface area contributed by atoms with Crippen molar-refractivity contribution in [2.24, 2.45) is 0 Å². The number of nitrogens with one attached hydrogen (secondary N) is 1. The van der Waals surface area contributed by atoms with Gasteiger partial charge in [0.25, 0.3) is 0 Å². The molecule has 1 saturated carbocycles. The van der Waals surface area contributed by atoms with Crippen LogP contribution in [0.25, 0.3) is 0 Å². The van der Waals surface area contributed by atoms with Crippen LogP contribution in [0.3, 0.4) is 0 Å². The van der Waals surface area contributed by atoms with Gasteiger partial charge in [-0.2, -0.15) is 0 Å². The van der Waals surface area contributed by atoms with Gasteiger partial charge in [0.05, 0.1) is 4.47 Å². The zero-order valence-electron chi connectivity index (χ0n) is 10.9. The van der Waals surface area contributed by atoms with E-state index >= 15 is 0 Å². The molecule has 0 spiro atoms. The highest BCUT2D eigenvalue weighted by molar-refractivity contribution is 9.10. The van der Waals surface area contributed by atoms with Crippen LogP contribution >= 0.6 is 15.9 Å². The highest BCUT2D eigenvalue weighted by atomic mass is 79.9. The molecular formula is C16H15BrFNO. The maximum Gasteiger partial charge on any atom is 0.144 e. The summed E-state index contributed by atoms with van der Waals surface area (Å²) in [6.07, 6.45) is 2.57. The quantitative estimate of drug-likeness (QED) is 0.859. The third kappa shape index (κ3) is 3.58. The number of ether oxygens (including phenoxy) is 1. The second-order valence-corrected chi connectivity index (χ2v) is 5.83. The van der Waals surface area contributed by atoms with Crippen molar-refractivity contribution in [2.75, 3.05) is 0 Å².